The predicted molar refractivity (Wildman–Crippen MR) is 351 cm³/mol. The van der Waals surface area contributed by atoms with Crippen molar-refractivity contribution in [1.82, 2.24) is 17.5 Å². The number of aromatic nitrogens is 4. The number of aryl methyl sites for hydroxylation is 2. The van der Waals surface area contributed by atoms with Crippen molar-refractivity contribution < 1.29 is 0 Å². The van der Waals surface area contributed by atoms with Gasteiger partial charge in [0.15, 0.2) is 0 Å². The lowest BCUT2D eigenvalue weighted by atomic mass is 9.88. The molecule has 7 heterocycles. The Labute approximate surface area is 490 Å². The maximum absolute atomic E-state index is 5.26. The molecule has 0 spiro atoms. The average Bonchev–Trinajstić information content (AvgIpc) is 4.40. The summed E-state index contributed by atoms with van der Waals surface area (Å²) < 4.78 is 21.0. The first-order chi connectivity index (χ1) is 37.6. The molecule has 0 radical (unpaired) electrons. The number of nitrogens with zero attached hydrogens (tertiary/aromatic N) is 4. The smallest absolute Gasteiger partial charge is 0.122 e. The molecule has 11 heteroatoms. The molecule has 414 valence electrons. The molecular formula is C66H90N4S6Si. The SMILES string of the molecule is CCCCCCc1ccc(-c2c(C(C)CCC)cc(-c3cc4c(s3)-c3sc(-c5cc(C(C)CCC)c(-c6ccc(CCCCCC)s6)c6nsnc56)cc3[Si]4(CC(CC)CCCC)CC(CC)CCCC)c3nsnc23)s1. The highest BCUT2D eigenvalue weighted by Gasteiger charge is 2.50. The summed E-state index contributed by atoms with van der Waals surface area (Å²) in [4.78, 5) is 11.7. The van der Waals surface area contributed by atoms with Gasteiger partial charge in [0.05, 0.1) is 23.5 Å². The van der Waals surface area contributed by atoms with E-state index in [1.165, 1.54) is 214 Å². The van der Waals surface area contributed by atoms with Crippen molar-refractivity contribution in [1.29, 1.82) is 0 Å². The second-order valence-corrected chi connectivity index (χ2v) is 32.8. The maximum atomic E-state index is 5.26. The highest BCUT2D eigenvalue weighted by Crippen LogP contribution is 2.53. The van der Waals surface area contributed by atoms with Crippen LogP contribution in [0.25, 0.3) is 73.6 Å². The molecule has 1 aliphatic heterocycles. The first-order valence-corrected chi connectivity index (χ1v) is 37.8. The van der Waals surface area contributed by atoms with Gasteiger partial charge in [-0.1, -0.05) is 172 Å². The van der Waals surface area contributed by atoms with Crippen molar-refractivity contribution in [3.63, 3.8) is 0 Å². The van der Waals surface area contributed by atoms with E-state index in [4.69, 9.17) is 17.5 Å². The molecule has 8 aromatic rings. The number of thiophene rings is 4. The molecule has 0 saturated heterocycles. The summed E-state index contributed by atoms with van der Waals surface area (Å²) in [6.07, 6.45) is 27.6. The summed E-state index contributed by atoms with van der Waals surface area (Å²) in [5, 5.41) is 3.47. The van der Waals surface area contributed by atoms with Crippen LogP contribution < -0.4 is 10.4 Å². The molecule has 0 saturated carbocycles. The molecule has 0 fully saturated rings. The molecule has 6 aromatic heterocycles. The summed E-state index contributed by atoms with van der Waals surface area (Å²) in [6, 6.07) is 23.0. The highest BCUT2D eigenvalue weighted by atomic mass is 32.1. The second-order valence-electron chi connectivity index (χ2n) is 23.3. The summed E-state index contributed by atoms with van der Waals surface area (Å²) in [7, 11) is -2.36. The van der Waals surface area contributed by atoms with E-state index in [-0.39, 0.29) is 0 Å². The normalized spacial score (nSPS) is 16.0. The number of benzene rings is 2. The minimum Gasteiger partial charge on any atom is -0.172 e. The van der Waals surface area contributed by atoms with Gasteiger partial charge >= 0.3 is 0 Å². The quantitative estimate of drug-likeness (QED) is 0.0311. The highest BCUT2D eigenvalue weighted by molar-refractivity contribution is 7.31. The van der Waals surface area contributed by atoms with Crippen molar-refractivity contribution >= 4 is 109 Å². The fourth-order valence-electron chi connectivity index (χ4n) is 13.2. The molecule has 4 nitrogen and oxygen atoms in total. The third-order valence-electron chi connectivity index (χ3n) is 17.6. The van der Waals surface area contributed by atoms with E-state index in [0.29, 0.717) is 23.7 Å². The summed E-state index contributed by atoms with van der Waals surface area (Å²) >= 11 is 11.0. The van der Waals surface area contributed by atoms with Crippen LogP contribution in [0.4, 0.5) is 0 Å². The lowest BCUT2D eigenvalue weighted by Gasteiger charge is -2.35. The standard InChI is InChI=1S/C66H90N4S6Si/c1-11-19-23-25-31-47-33-35-53(71-47)59-49(43(9)27-15-5)37-51(61-63(59)69-75-67-61)55-39-57-65(73-55)66-58(77(57,41-45(17-7)29-21-13-3)42-46(18-8)30-22-14-4)40-56(74-66)52-38-50(44(10)28-16-6)60(64-62(52)68-76-70-64)54-36-34-48(72-54)32-26-24-20-12-2/h33-40,43-46H,11-32,41-42H2,1-10H3. The van der Waals surface area contributed by atoms with Gasteiger partial charge in [0.25, 0.3) is 0 Å². The predicted octanol–water partition coefficient (Wildman–Crippen LogP) is 22.6. The maximum Gasteiger partial charge on any atom is 0.122 e. The summed E-state index contributed by atoms with van der Waals surface area (Å²) in [5.41, 5.74) is 12.6. The van der Waals surface area contributed by atoms with E-state index in [1.54, 1.807) is 20.1 Å². The van der Waals surface area contributed by atoms with Gasteiger partial charge in [-0.15, -0.1) is 45.3 Å². The Balaban J connectivity index is 1.24. The van der Waals surface area contributed by atoms with Gasteiger partial charge in [0.1, 0.15) is 30.1 Å². The molecule has 0 amide bonds. The fraction of sp³-hybridized carbons (Fsp3) is 0.576. The molecular weight excluding hydrogens is 1070 g/mol. The Bertz CT molecular complexity index is 2930. The largest absolute Gasteiger partial charge is 0.172 e. The van der Waals surface area contributed by atoms with E-state index in [2.05, 4.69) is 140 Å². The molecule has 4 atom stereocenters. The van der Waals surface area contributed by atoms with E-state index >= 15 is 0 Å². The van der Waals surface area contributed by atoms with E-state index in [9.17, 15) is 0 Å². The van der Waals surface area contributed by atoms with E-state index < -0.39 is 8.07 Å². The topological polar surface area (TPSA) is 51.6 Å². The second kappa shape index (κ2) is 27.7. The van der Waals surface area contributed by atoms with Crippen LogP contribution >= 0.6 is 68.8 Å². The zero-order valence-electron chi connectivity index (χ0n) is 48.6. The van der Waals surface area contributed by atoms with Gasteiger partial charge in [-0.3, -0.25) is 0 Å². The van der Waals surface area contributed by atoms with Gasteiger partial charge in [0.2, 0.25) is 0 Å². The molecule has 0 N–H and O–H groups in total. The van der Waals surface area contributed by atoms with Crippen molar-refractivity contribution in [3.8, 4) is 51.5 Å². The van der Waals surface area contributed by atoms with Crippen molar-refractivity contribution in [2.75, 3.05) is 0 Å². The Morgan fingerprint density at radius 3 is 1.22 bits per heavy atom. The monoisotopic (exact) mass is 1160 g/mol. The first kappa shape index (κ1) is 58.7. The molecule has 77 heavy (non-hydrogen) atoms. The Kier molecular flexibility index (Phi) is 21.1. The lowest BCUT2D eigenvalue weighted by Crippen LogP contribution is -2.56. The lowest BCUT2D eigenvalue weighted by molar-refractivity contribution is 0.469. The van der Waals surface area contributed by atoms with Crippen LogP contribution in [-0.4, -0.2) is 25.6 Å². The number of hydrogen-bond acceptors (Lipinski definition) is 10. The molecule has 4 unspecified atom stereocenters. The third kappa shape index (κ3) is 12.6. The van der Waals surface area contributed by atoms with Crippen molar-refractivity contribution in [2.24, 2.45) is 11.8 Å². The molecule has 0 aliphatic carbocycles. The zero-order chi connectivity index (χ0) is 54.1. The minimum atomic E-state index is -2.36. The van der Waals surface area contributed by atoms with Crippen LogP contribution in [-0.2, 0) is 12.8 Å². The van der Waals surface area contributed by atoms with Gasteiger partial charge < -0.3 is 0 Å². The van der Waals surface area contributed by atoms with Crippen LogP contribution in [0.15, 0.2) is 48.5 Å². The van der Waals surface area contributed by atoms with Crippen LogP contribution in [0.1, 0.15) is 230 Å². The van der Waals surface area contributed by atoms with Gasteiger partial charge in [-0.25, -0.2) is 0 Å². The van der Waals surface area contributed by atoms with Gasteiger partial charge in [-0.2, -0.15) is 17.5 Å². The van der Waals surface area contributed by atoms with Gasteiger partial charge in [0, 0.05) is 61.3 Å². The average molecular weight is 1160 g/mol. The third-order valence-corrected chi connectivity index (χ3v) is 29.3. The Morgan fingerprint density at radius 2 is 0.831 bits per heavy atom. The van der Waals surface area contributed by atoms with Crippen LogP contribution in [0.5, 0.6) is 0 Å². The summed E-state index contributed by atoms with van der Waals surface area (Å²) in [5.74, 6) is 2.26. The minimum absolute atomic E-state index is 0.417. The van der Waals surface area contributed by atoms with Crippen LogP contribution in [0.2, 0.25) is 12.1 Å². The Hall–Kier alpha value is -2.90. The first-order valence-electron chi connectivity index (χ1n) is 30.7. The zero-order valence-corrected chi connectivity index (χ0v) is 54.5. The molecule has 1 aliphatic rings. The number of fused-ring (bicyclic) bond motifs is 5. The van der Waals surface area contributed by atoms with E-state index in [1.807, 2.05) is 22.7 Å². The fourth-order valence-corrected chi connectivity index (χ4v) is 27.0. The molecule has 0 bridgehead atoms. The molecule has 9 rings (SSSR count). The number of unbranched alkanes of at least 4 members (excludes halogenated alkanes) is 8. The van der Waals surface area contributed by atoms with Crippen LogP contribution in [0.3, 0.4) is 0 Å². The van der Waals surface area contributed by atoms with Crippen molar-refractivity contribution in [2.45, 2.75) is 234 Å². The van der Waals surface area contributed by atoms with E-state index in [0.717, 1.165) is 47.8 Å². The summed E-state index contributed by atoms with van der Waals surface area (Å²) in [6.45, 7) is 24.0. The number of hydrogen-bond donors (Lipinski definition) is 0. The van der Waals surface area contributed by atoms with Gasteiger partial charge in [-0.05, 0) is 144 Å². The van der Waals surface area contributed by atoms with Crippen molar-refractivity contribution in [3.05, 3.63) is 69.4 Å². The number of rotatable bonds is 32. The van der Waals surface area contributed by atoms with Crippen LogP contribution in [0, 0.1) is 11.8 Å². The molecule has 2 aromatic carbocycles. The Morgan fingerprint density at radius 1 is 0.416 bits per heavy atom.